The molecule has 0 bridgehead atoms. The minimum atomic E-state index is -0.821. The van der Waals surface area contributed by atoms with Crippen molar-refractivity contribution in [1.82, 2.24) is 15.5 Å². The number of nitrogens with zero attached hydrogens (tertiary/aromatic N) is 1. The Balaban J connectivity index is 1.56. The highest BCUT2D eigenvalue weighted by Crippen LogP contribution is 2.27. The van der Waals surface area contributed by atoms with Crippen LogP contribution in [0.15, 0.2) is 30.3 Å². The van der Waals surface area contributed by atoms with Gasteiger partial charge in [-0.1, -0.05) is 37.3 Å². The van der Waals surface area contributed by atoms with Crippen LogP contribution >= 0.6 is 0 Å². The van der Waals surface area contributed by atoms with Gasteiger partial charge in [-0.3, -0.25) is 14.9 Å². The van der Waals surface area contributed by atoms with Crippen LogP contribution in [0.3, 0.4) is 0 Å². The van der Waals surface area contributed by atoms with Crippen molar-refractivity contribution in [2.45, 2.75) is 37.6 Å². The van der Waals surface area contributed by atoms with Crippen LogP contribution in [0.2, 0.25) is 0 Å². The number of carbonyl (C=O) groups excluding carboxylic acids is 3. The van der Waals surface area contributed by atoms with Crippen LogP contribution in [0.4, 0.5) is 4.79 Å². The number of urea groups is 1. The van der Waals surface area contributed by atoms with Crippen LogP contribution in [0, 0.1) is 0 Å². The van der Waals surface area contributed by atoms with Gasteiger partial charge in [-0.05, 0) is 24.3 Å². The van der Waals surface area contributed by atoms with Crippen molar-refractivity contribution in [3.63, 3.8) is 0 Å². The van der Waals surface area contributed by atoms with Gasteiger partial charge in [-0.2, -0.15) is 0 Å². The Morgan fingerprint density at radius 3 is 2.43 bits per heavy atom. The summed E-state index contributed by atoms with van der Waals surface area (Å²) in [6, 6.07) is 9.53. The third kappa shape index (κ3) is 3.06. The molecule has 3 rings (SSSR count). The Hall–Kier alpha value is -2.37. The zero-order valence-electron chi connectivity index (χ0n) is 13.2. The van der Waals surface area contributed by atoms with Gasteiger partial charge < -0.3 is 10.2 Å². The molecule has 0 saturated carbocycles. The van der Waals surface area contributed by atoms with Crippen LogP contribution < -0.4 is 10.6 Å². The van der Waals surface area contributed by atoms with Gasteiger partial charge in [-0.15, -0.1) is 0 Å². The number of piperidine rings is 1. The van der Waals surface area contributed by atoms with Crippen molar-refractivity contribution >= 4 is 17.8 Å². The quantitative estimate of drug-likeness (QED) is 0.827. The monoisotopic (exact) mass is 315 g/mol. The lowest BCUT2D eigenvalue weighted by Gasteiger charge is -2.37. The molecule has 1 aromatic rings. The van der Waals surface area contributed by atoms with Crippen LogP contribution in [-0.4, -0.2) is 41.4 Å². The van der Waals surface area contributed by atoms with Crippen LogP contribution in [0.5, 0.6) is 0 Å². The maximum Gasteiger partial charge on any atom is 0.322 e. The van der Waals surface area contributed by atoms with Crippen molar-refractivity contribution < 1.29 is 14.4 Å². The second kappa shape index (κ2) is 6.02. The summed E-state index contributed by atoms with van der Waals surface area (Å²) in [5.74, 6) is -0.0118. The first-order valence-electron chi connectivity index (χ1n) is 7.96. The van der Waals surface area contributed by atoms with Gasteiger partial charge in [0.2, 0.25) is 5.91 Å². The van der Waals surface area contributed by atoms with Gasteiger partial charge >= 0.3 is 6.03 Å². The summed E-state index contributed by atoms with van der Waals surface area (Å²) >= 11 is 0. The Morgan fingerprint density at radius 2 is 1.87 bits per heavy atom. The van der Waals surface area contributed by atoms with E-state index in [0.29, 0.717) is 32.4 Å². The maximum absolute atomic E-state index is 12.5. The molecule has 1 atom stereocenters. The first kappa shape index (κ1) is 15.5. The van der Waals surface area contributed by atoms with Gasteiger partial charge in [0.1, 0.15) is 5.54 Å². The summed E-state index contributed by atoms with van der Waals surface area (Å²) in [4.78, 5) is 37.5. The molecular weight excluding hydrogens is 294 g/mol. The molecule has 23 heavy (non-hydrogen) atoms. The molecule has 0 aliphatic carbocycles. The third-order valence-electron chi connectivity index (χ3n) is 4.83. The van der Waals surface area contributed by atoms with E-state index in [-0.39, 0.29) is 17.7 Å². The number of hydrogen-bond donors (Lipinski definition) is 2. The number of hydrogen-bond acceptors (Lipinski definition) is 3. The maximum atomic E-state index is 12.5. The Kier molecular flexibility index (Phi) is 4.07. The number of carbonyl (C=O) groups is 3. The van der Waals surface area contributed by atoms with Crippen molar-refractivity contribution in [2.75, 3.05) is 13.1 Å². The number of imide groups is 1. The number of amides is 4. The van der Waals surface area contributed by atoms with E-state index in [2.05, 4.69) is 10.6 Å². The summed E-state index contributed by atoms with van der Waals surface area (Å²) in [7, 11) is 0. The summed E-state index contributed by atoms with van der Waals surface area (Å²) in [5, 5.41) is 4.99. The summed E-state index contributed by atoms with van der Waals surface area (Å²) in [6.07, 6.45) is 1.39. The molecule has 2 heterocycles. The molecule has 2 N–H and O–H groups in total. The fourth-order valence-electron chi connectivity index (χ4n) is 3.31. The first-order valence-corrected chi connectivity index (χ1v) is 7.96. The zero-order chi connectivity index (χ0) is 16.4. The minimum Gasteiger partial charge on any atom is -0.342 e. The molecule has 0 unspecified atom stereocenters. The topological polar surface area (TPSA) is 78.5 Å². The van der Waals surface area contributed by atoms with E-state index in [4.69, 9.17) is 0 Å². The molecule has 6 heteroatoms. The van der Waals surface area contributed by atoms with Crippen LogP contribution in [0.25, 0.3) is 0 Å². The second-order valence-corrected chi connectivity index (χ2v) is 6.39. The van der Waals surface area contributed by atoms with Crippen molar-refractivity contribution in [3.8, 4) is 0 Å². The molecule has 6 nitrogen and oxygen atoms in total. The lowest BCUT2D eigenvalue weighted by atomic mass is 9.87. The average molecular weight is 315 g/mol. The van der Waals surface area contributed by atoms with E-state index in [1.807, 2.05) is 37.3 Å². The highest BCUT2D eigenvalue weighted by atomic mass is 16.2. The summed E-state index contributed by atoms with van der Waals surface area (Å²) in [6.45, 7) is 3.03. The molecule has 1 aromatic carbocycles. The van der Waals surface area contributed by atoms with Crippen LogP contribution in [0.1, 0.15) is 37.7 Å². The van der Waals surface area contributed by atoms with Crippen LogP contribution in [-0.2, 0) is 9.59 Å². The number of nitrogens with one attached hydrogen (secondary N) is 2. The molecular formula is C17H21N3O3. The first-order chi connectivity index (χ1) is 11.0. The van der Waals surface area contributed by atoms with Gasteiger partial charge in [0.05, 0.1) is 0 Å². The molecule has 2 aliphatic rings. The normalized spacial score (nSPS) is 21.0. The Labute approximate surface area is 135 Å². The predicted octanol–water partition coefficient (Wildman–Crippen LogP) is 1.38. The Morgan fingerprint density at radius 1 is 1.22 bits per heavy atom. The molecule has 122 valence electrons. The fourth-order valence-corrected chi connectivity index (χ4v) is 3.31. The largest absolute Gasteiger partial charge is 0.342 e. The lowest BCUT2D eigenvalue weighted by Crippen LogP contribution is -2.55. The molecule has 2 saturated heterocycles. The van der Waals surface area contributed by atoms with Crippen molar-refractivity contribution in [2.24, 2.45) is 0 Å². The fraction of sp³-hybridized carbons (Fsp3) is 0.471. The molecule has 1 spiro atoms. The molecule has 2 aliphatic heterocycles. The third-order valence-corrected chi connectivity index (χ3v) is 4.83. The summed E-state index contributed by atoms with van der Waals surface area (Å²) in [5.41, 5.74) is 0.329. The van der Waals surface area contributed by atoms with E-state index in [0.717, 1.165) is 5.56 Å². The smallest absolute Gasteiger partial charge is 0.322 e. The van der Waals surface area contributed by atoms with Crippen molar-refractivity contribution in [1.29, 1.82) is 0 Å². The van der Waals surface area contributed by atoms with E-state index in [1.54, 1.807) is 4.90 Å². The number of rotatable bonds is 3. The Bertz CT molecular complexity index is 621. The molecule has 4 amide bonds. The zero-order valence-corrected chi connectivity index (χ0v) is 13.2. The number of likely N-dealkylation sites (tertiary alicyclic amines) is 1. The van der Waals surface area contributed by atoms with Crippen molar-refractivity contribution in [3.05, 3.63) is 35.9 Å². The summed E-state index contributed by atoms with van der Waals surface area (Å²) < 4.78 is 0. The van der Waals surface area contributed by atoms with E-state index >= 15 is 0 Å². The molecule has 0 aromatic heterocycles. The minimum absolute atomic E-state index is 0.0981. The van der Waals surface area contributed by atoms with Gasteiger partial charge in [0.25, 0.3) is 5.91 Å². The van der Waals surface area contributed by atoms with Gasteiger partial charge in [-0.25, -0.2) is 4.79 Å². The highest BCUT2D eigenvalue weighted by Gasteiger charge is 2.48. The lowest BCUT2D eigenvalue weighted by molar-refractivity contribution is -0.136. The SMILES string of the molecule is C[C@H](CC(=O)N1CCC2(CC1)NC(=O)NC2=O)c1ccccc1. The van der Waals surface area contributed by atoms with E-state index < -0.39 is 11.6 Å². The number of benzene rings is 1. The second-order valence-electron chi connectivity index (χ2n) is 6.39. The van der Waals surface area contributed by atoms with E-state index in [1.165, 1.54) is 0 Å². The average Bonchev–Trinajstić information content (AvgIpc) is 2.82. The highest BCUT2D eigenvalue weighted by molar-refractivity contribution is 6.07. The van der Waals surface area contributed by atoms with Gasteiger partial charge in [0.15, 0.2) is 0 Å². The van der Waals surface area contributed by atoms with Gasteiger partial charge in [0, 0.05) is 19.5 Å². The predicted molar refractivity (Wildman–Crippen MR) is 84.7 cm³/mol. The van der Waals surface area contributed by atoms with E-state index in [9.17, 15) is 14.4 Å². The molecule has 2 fully saturated rings. The standard InChI is InChI=1S/C17H21N3O3/c1-12(13-5-3-2-4-6-13)11-14(21)20-9-7-17(8-10-20)15(22)18-16(23)19-17/h2-6,12H,7-11H2,1H3,(H2,18,19,22,23)/t12-/m1/s1. The molecule has 0 radical (unpaired) electrons.